The van der Waals surface area contributed by atoms with Gasteiger partial charge in [0.15, 0.2) is 0 Å². The number of benzene rings is 1. The van der Waals surface area contributed by atoms with E-state index in [9.17, 15) is 14.7 Å². The van der Waals surface area contributed by atoms with Crippen molar-refractivity contribution in [3.63, 3.8) is 0 Å². The molecular formula is C22H30N2O4. The summed E-state index contributed by atoms with van der Waals surface area (Å²) in [4.78, 5) is 26.9. The number of phenolic OH excluding ortho intramolecular Hbond substituents is 1. The largest absolute Gasteiger partial charge is 0.507 e. The predicted molar refractivity (Wildman–Crippen MR) is 106 cm³/mol. The summed E-state index contributed by atoms with van der Waals surface area (Å²) in [7, 11) is 0. The molecule has 28 heavy (non-hydrogen) atoms. The Morgan fingerprint density at radius 2 is 1.86 bits per heavy atom. The van der Waals surface area contributed by atoms with E-state index < -0.39 is 11.6 Å². The van der Waals surface area contributed by atoms with Crippen LogP contribution in [0.5, 0.6) is 11.5 Å². The van der Waals surface area contributed by atoms with Gasteiger partial charge in [-0.1, -0.05) is 0 Å². The lowest BCUT2D eigenvalue weighted by molar-refractivity contribution is -0.147. The summed E-state index contributed by atoms with van der Waals surface area (Å²) in [5, 5.41) is 13.5. The Morgan fingerprint density at radius 1 is 1.14 bits per heavy atom. The van der Waals surface area contributed by atoms with Gasteiger partial charge in [0.25, 0.3) is 0 Å². The molecule has 152 valence electrons. The molecule has 0 aromatic heterocycles. The third-order valence-corrected chi connectivity index (χ3v) is 7.01. The van der Waals surface area contributed by atoms with Crippen LogP contribution in [0.4, 0.5) is 0 Å². The fourth-order valence-electron chi connectivity index (χ4n) is 5.22. The molecule has 3 heterocycles. The van der Waals surface area contributed by atoms with Crippen molar-refractivity contribution in [1.82, 2.24) is 10.2 Å². The molecule has 4 rings (SSSR count). The molecular weight excluding hydrogens is 356 g/mol. The molecule has 0 radical (unpaired) electrons. The van der Waals surface area contributed by atoms with Crippen LogP contribution in [0.2, 0.25) is 0 Å². The highest BCUT2D eigenvalue weighted by molar-refractivity contribution is 5.97. The van der Waals surface area contributed by atoms with Crippen LogP contribution in [-0.4, -0.2) is 46.1 Å². The minimum Gasteiger partial charge on any atom is -0.507 e. The minimum atomic E-state index is -0.470. The van der Waals surface area contributed by atoms with E-state index >= 15 is 0 Å². The van der Waals surface area contributed by atoms with E-state index in [1.807, 2.05) is 20.8 Å². The maximum Gasteiger partial charge on any atom is 0.245 e. The second kappa shape index (κ2) is 6.39. The number of piperazine rings is 1. The highest BCUT2D eigenvalue weighted by Gasteiger charge is 2.46. The Labute approximate surface area is 166 Å². The quantitative estimate of drug-likeness (QED) is 0.837. The van der Waals surface area contributed by atoms with Gasteiger partial charge in [0.2, 0.25) is 11.8 Å². The number of nitrogens with zero attached hydrogens (tertiary/aromatic N) is 1. The smallest absolute Gasteiger partial charge is 0.245 e. The number of hydrogen-bond donors (Lipinski definition) is 2. The van der Waals surface area contributed by atoms with Crippen molar-refractivity contribution < 1.29 is 19.4 Å². The normalized spacial score (nSPS) is 28.0. The van der Waals surface area contributed by atoms with Crippen molar-refractivity contribution in [3.05, 3.63) is 22.3 Å². The molecule has 0 spiro atoms. The van der Waals surface area contributed by atoms with Crippen LogP contribution in [0.15, 0.2) is 0 Å². The van der Waals surface area contributed by atoms with Crippen molar-refractivity contribution in [2.24, 2.45) is 0 Å². The molecule has 0 saturated carbocycles. The van der Waals surface area contributed by atoms with Crippen LogP contribution in [0, 0.1) is 20.8 Å². The van der Waals surface area contributed by atoms with Gasteiger partial charge in [0.05, 0.1) is 0 Å². The van der Waals surface area contributed by atoms with E-state index in [2.05, 4.69) is 19.2 Å². The maximum absolute atomic E-state index is 12.8. The lowest BCUT2D eigenvalue weighted by atomic mass is 9.79. The third-order valence-electron chi connectivity index (χ3n) is 7.01. The number of fused-ring (bicyclic) bond motifs is 2. The van der Waals surface area contributed by atoms with Gasteiger partial charge < -0.3 is 20.1 Å². The standard InChI is InChI=1S/C22H30N2O4/c1-11-12(2)19-17(13(3)18(11)25)14(22(4,5)28-19)8-9-15-21(27)24-10-6-7-16(24)20(26)23-15/h14-16,25H,6-10H2,1-5H3,(H,23,26)/t14?,15-,16?/m0/s1. The van der Waals surface area contributed by atoms with Gasteiger partial charge in [-0.2, -0.15) is 0 Å². The lowest BCUT2D eigenvalue weighted by Crippen LogP contribution is -2.61. The average molecular weight is 386 g/mol. The number of phenols is 1. The first-order chi connectivity index (χ1) is 13.1. The molecule has 3 aliphatic rings. The van der Waals surface area contributed by atoms with Crippen molar-refractivity contribution >= 4 is 11.8 Å². The Bertz CT molecular complexity index is 861. The van der Waals surface area contributed by atoms with Gasteiger partial charge in [-0.15, -0.1) is 0 Å². The molecule has 1 aromatic carbocycles. The molecule has 0 bridgehead atoms. The Hall–Kier alpha value is -2.24. The molecule has 1 aromatic rings. The summed E-state index contributed by atoms with van der Waals surface area (Å²) in [5.74, 6) is 1.25. The van der Waals surface area contributed by atoms with Crippen LogP contribution in [0.1, 0.15) is 67.7 Å². The lowest BCUT2D eigenvalue weighted by Gasteiger charge is -2.35. The van der Waals surface area contributed by atoms with Gasteiger partial charge in [-0.05, 0) is 77.0 Å². The van der Waals surface area contributed by atoms with Crippen LogP contribution in [0.25, 0.3) is 0 Å². The second-order valence-corrected chi connectivity index (χ2v) is 9.05. The van der Waals surface area contributed by atoms with Gasteiger partial charge in [-0.3, -0.25) is 9.59 Å². The van der Waals surface area contributed by atoms with Gasteiger partial charge in [0, 0.05) is 18.0 Å². The SMILES string of the molecule is Cc1c(C)c2c(c(C)c1O)C(CC[C@@H]1NC(=O)C3CCCN3C1=O)C(C)(C)O2. The number of amides is 2. The number of aromatic hydroxyl groups is 1. The maximum atomic E-state index is 12.8. The highest BCUT2D eigenvalue weighted by atomic mass is 16.5. The molecule has 2 N–H and O–H groups in total. The average Bonchev–Trinajstić information content (AvgIpc) is 3.23. The molecule has 2 amide bonds. The summed E-state index contributed by atoms with van der Waals surface area (Å²) < 4.78 is 6.32. The Morgan fingerprint density at radius 3 is 2.57 bits per heavy atom. The van der Waals surface area contributed by atoms with Gasteiger partial charge in [0.1, 0.15) is 29.2 Å². The first-order valence-electron chi connectivity index (χ1n) is 10.3. The van der Waals surface area contributed by atoms with Gasteiger partial charge >= 0.3 is 0 Å². The van der Waals surface area contributed by atoms with E-state index in [-0.39, 0.29) is 23.8 Å². The Kier molecular flexibility index (Phi) is 4.36. The van der Waals surface area contributed by atoms with E-state index in [1.165, 1.54) is 0 Å². The predicted octanol–water partition coefficient (Wildman–Crippen LogP) is 2.84. The highest BCUT2D eigenvalue weighted by Crippen LogP contribution is 2.53. The van der Waals surface area contributed by atoms with E-state index in [1.54, 1.807) is 4.90 Å². The monoisotopic (exact) mass is 386 g/mol. The number of rotatable bonds is 3. The summed E-state index contributed by atoms with van der Waals surface area (Å²) in [6.45, 7) is 10.6. The van der Waals surface area contributed by atoms with Crippen LogP contribution < -0.4 is 10.1 Å². The molecule has 3 aliphatic heterocycles. The second-order valence-electron chi connectivity index (χ2n) is 9.05. The fourth-order valence-corrected chi connectivity index (χ4v) is 5.22. The van der Waals surface area contributed by atoms with Gasteiger partial charge in [-0.25, -0.2) is 0 Å². The number of nitrogens with one attached hydrogen (secondary N) is 1. The summed E-state index contributed by atoms with van der Waals surface area (Å²) in [6.07, 6.45) is 2.93. The summed E-state index contributed by atoms with van der Waals surface area (Å²) in [6, 6.07) is -0.748. The molecule has 6 nitrogen and oxygen atoms in total. The topological polar surface area (TPSA) is 78.9 Å². The van der Waals surface area contributed by atoms with Crippen molar-refractivity contribution in [2.45, 2.75) is 83.9 Å². The zero-order valence-electron chi connectivity index (χ0n) is 17.4. The van der Waals surface area contributed by atoms with E-state index in [4.69, 9.17) is 4.74 Å². The van der Waals surface area contributed by atoms with Crippen LogP contribution >= 0.6 is 0 Å². The number of carbonyl (C=O) groups is 2. The fraction of sp³-hybridized carbons (Fsp3) is 0.636. The van der Waals surface area contributed by atoms with Crippen molar-refractivity contribution in [2.75, 3.05) is 6.54 Å². The van der Waals surface area contributed by atoms with E-state index in [0.717, 1.165) is 40.8 Å². The zero-order valence-corrected chi connectivity index (χ0v) is 17.4. The first-order valence-corrected chi connectivity index (χ1v) is 10.3. The van der Waals surface area contributed by atoms with E-state index in [0.29, 0.717) is 25.1 Å². The molecule has 2 fully saturated rings. The first kappa shape index (κ1) is 19.1. The molecule has 2 saturated heterocycles. The number of ether oxygens (including phenoxy) is 1. The number of carbonyl (C=O) groups excluding carboxylic acids is 2. The minimum absolute atomic E-state index is 0.0234. The van der Waals surface area contributed by atoms with Crippen molar-refractivity contribution in [3.8, 4) is 11.5 Å². The zero-order chi connectivity index (χ0) is 20.4. The summed E-state index contributed by atoms with van der Waals surface area (Å²) >= 11 is 0. The molecule has 0 aliphatic carbocycles. The molecule has 2 unspecified atom stereocenters. The van der Waals surface area contributed by atoms with Crippen LogP contribution in [0.3, 0.4) is 0 Å². The molecule has 3 atom stereocenters. The summed E-state index contributed by atoms with van der Waals surface area (Å²) in [5.41, 5.74) is 3.28. The van der Waals surface area contributed by atoms with Crippen LogP contribution in [-0.2, 0) is 9.59 Å². The Balaban J connectivity index is 1.59. The third kappa shape index (κ3) is 2.68. The number of hydrogen-bond acceptors (Lipinski definition) is 4. The van der Waals surface area contributed by atoms with Crippen molar-refractivity contribution in [1.29, 1.82) is 0 Å². The molecule has 6 heteroatoms.